The predicted molar refractivity (Wildman–Crippen MR) is 48.9 cm³/mol. The van der Waals surface area contributed by atoms with E-state index in [2.05, 4.69) is 0 Å². The molecule has 0 aliphatic rings. The van der Waals surface area contributed by atoms with Gasteiger partial charge in [-0.25, -0.2) is 0 Å². The van der Waals surface area contributed by atoms with Gasteiger partial charge in [0.15, 0.2) is 11.6 Å². The topological polar surface area (TPSA) is 34.1 Å². The lowest BCUT2D eigenvalue weighted by Crippen LogP contribution is -1.92. The van der Waals surface area contributed by atoms with Crippen LogP contribution in [-0.2, 0) is 9.59 Å². The first kappa shape index (κ1) is 10.8. The van der Waals surface area contributed by atoms with Crippen molar-refractivity contribution in [3.05, 3.63) is 23.3 Å². The zero-order valence-corrected chi connectivity index (χ0v) is 7.97. The van der Waals surface area contributed by atoms with E-state index in [0.717, 1.165) is 0 Å². The zero-order chi connectivity index (χ0) is 9.72. The summed E-state index contributed by atoms with van der Waals surface area (Å²) in [6.45, 7) is 6.46. The molecule has 0 rings (SSSR count). The summed E-state index contributed by atoms with van der Waals surface area (Å²) >= 11 is 0. The van der Waals surface area contributed by atoms with Gasteiger partial charge in [-0.05, 0) is 38.8 Å². The van der Waals surface area contributed by atoms with Crippen LogP contribution in [0.4, 0.5) is 0 Å². The molecular weight excluding hydrogens is 152 g/mol. The molecule has 12 heavy (non-hydrogen) atoms. The Morgan fingerprint density at radius 2 is 1.00 bits per heavy atom. The summed E-state index contributed by atoms with van der Waals surface area (Å²) in [7, 11) is 0. The molecule has 0 saturated heterocycles. The lowest BCUT2D eigenvalue weighted by molar-refractivity contribution is -0.114. The third kappa shape index (κ3) is 3.86. The molecule has 0 amide bonds. The summed E-state index contributed by atoms with van der Waals surface area (Å²) < 4.78 is 0. The Kier molecular flexibility index (Phi) is 4.19. The largest absolute Gasteiger partial charge is 0.295 e. The van der Waals surface area contributed by atoms with Gasteiger partial charge in [-0.15, -0.1) is 0 Å². The molecule has 2 nitrogen and oxygen atoms in total. The van der Waals surface area contributed by atoms with E-state index in [-0.39, 0.29) is 11.6 Å². The van der Waals surface area contributed by atoms with Gasteiger partial charge < -0.3 is 0 Å². The van der Waals surface area contributed by atoms with E-state index in [1.54, 1.807) is 26.0 Å². The van der Waals surface area contributed by atoms with Crippen LogP contribution >= 0.6 is 0 Å². The van der Waals surface area contributed by atoms with Crippen LogP contribution in [-0.4, -0.2) is 11.6 Å². The van der Waals surface area contributed by atoms with Crippen LogP contribution in [0.25, 0.3) is 0 Å². The van der Waals surface area contributed by atoms with E-state index < -0.39 is 0 Å². The number of carbonyl (C=O) groups excluding carboxylic acids is 2. The van der Waals surface area contributed by atoms with Gasteiger partial charge in [0.2, 0.25) is 0 Å². The monoisotopic (exact) mass is 166 g/mol. The van der Waals surface area contributed by atoms with Crippen molar-refractivity contribution in [2.24, 2.45) is 0 Å². The van der Waals surface area contributed by atoms with Gasteiger partial charge in [0.1, 0.15) is 0 Å². The average molecular weight is 166 g/mol. The van der Waals surface area contributed by atoms with Crippen molar-refractivity contribution in [1.29, 1.82) is 0 Å². The molecule has 0 saturated carbocycles. The molecule has 2 heteroatoms. The Bertz CT molecular complexity index is 229. The van der Waals surface area contributed by atoms with Gasteiger partial charge in [-0.1, -0.05) is 12.2 Å². The SMILES string of the molecule is CC(=O)/C(C)=C\C=C(\C)C(C)=O. The Balaban J connectivity index is 4.48. The standard InChI is InChI=1S/C10H14O2/c1-7(9(3)11)5-6-8(2)10(4)12/h5-6H,1-4H3/b7-5-,8-6-. The van der Waals surface area contributed by atoms with E-state index in [1.165, 1.54) is 13.8 Å². The van der Waals surface area contributed by atoms with Gasteiger partial charge in [0.25, 0.3) is 0 Å². The maximum absolute atomic E-state index is 10.7. The van der Waals surface area contributed by atoms with E-state index >= 15 is 0 Å². The number of Topliss-reactive ketones (excluding diaryl/α,β-unsaturated/α-hetero) is 2. The van der Waals surface area contributed by atoms with E-state index in [0.29, 0.717) is 11.1 Å². The molecule has 0 bridgehead atoms. The highest BCUT2D eigenvalue weighted by Gasteiger charge is 1.95. The average Bonchev–Trinajstić information content (AvgIpc) is 1.98. The van der Waals surface area contributed by atoms with Crippen molar-refractivity contribution in [2.45, 2.75) is 27.7 Å². The van der Waals surface area contributed by atoms with Crippen molar-refractivity contribution in [2.75, 3.05) is 0 Å². The number of rotatable bonds is 3. The molecule has 0 unspecified atom stereocenters. The van der Waals surface area contributed by atoms with Crippen molar-refractivity contribution in [1.82, 2.24) is 0 Å². The molecule has 0 aromatic rings. The Hall–Kier alpha value is -1.18. The molecule has 0 aromatic heterocycles. The first-order chi connectivity index (χ1) is 5.45. The minimum absolute atomic E-state index is 0.0302. The molecule has 0 aliphatic carbocycles. The quantitative estimate of drug-likeness (QED) is 0.475. The van der Waals surface area contributed by atoms with Crippen molar-refractivity contribution < 1.29 is 9.59 Å². The van der Waals surface area contributed by atoms with Crippen molar-refractivity contribution >= 4 is 11.6 Å². The minimum atomic E-state index is 0.0302. The Morgan fingerprint density at radius 1 is 0.750 bits per heavy atom. The number of hydrogen-bond donors (Lipinski definition) is 0. The van der Waals surface area contributed by atoms with Crippen molar-refractivity contribution in [3.63, 3.8) is 0 Å². The smallest absolute Gasteiger partial charge is 0.155 e. The molecule has 0 aromatic carbocycles. The van der Waals surface area contributed by atoms with Crippen LogP contribution in [0, 0.1) is 0 Å². The summed E-state index contributed by atoms with van der Waals surface area (Å²) in [5.41, 5.74) is 1.33. The van der Waals surface area contributed by atoms with Gasteiger partial charge >= 0.3 is 0 Å². The number of allylic oxidation sites excluding steroid dienone is 4. The highest BCUT2D eigenvalue weighted by Crippen LogP contribution is 1.99. The molecule has 0 aliphatic heterocycles. The third-order valence-electron chi connectivity index (χ3n) is 1.69. The third-order valence-corrected chi connectivity index (χ3v) is 1.69. The van der Waals surface area contributed by atoms with Crippen LogP contribution in [0.1, 0.15) is 27.7 Å². The fourth-order valence-electron chi connectivity index (χ4n) is 0.485. The van der Waals surface area contributed by atoms with E-state index in [1.807, 2.05) is 0 Å². The zero-order valence-electron chi connectivity index (χ0n) is 7.97. The summed E-state index contributed by atoms with van der Waals surface area (Å²) in [6.07, 6.45) is 3.33. The summed E-state index contributed by atoms with van der Waals surface area (Å²) in [5.74, 6) is 0.0604. The lowest BCUT2D eigenvalue weighted by Gasteiger charge is -1.92. The number of ketones is 2. The van der Waals surface area contributed by atoms with Crippen LogP contribution in [0.5, 0.6) is 0 Å². The van der Waals surface area contributed by atoms with Crippen LogP contribution in [0.3, 0.4) is 0 Å². The summed E-state index contributed by atoms with van der Waals surface area (Å²) in [6, 6.07) is 0. The van der Waals surface area contributed by atoms with Gasteiger partial charge in [0.05, 0.1) is 0 Å². The second kappa shape index (κ2) is 4.65. The molecule has 0 heterocycles. The second-order valence-corrected chi connectivity index (χ2v) is 2.81. The van der Waals surface area contributed by atoms with Gasteiger partial charge in [-0.2, -0.15) is 0 Å². The molecule has 0 spiro atoms. The van der Waals surface area contributed by atoms with Crippen LogP contribution in [0.15, 0.2) is 23.3 Å². The normalized spacial score (nSPS) is 13.0. The summed E-state index contributed by atoms with van der Waals surface area (Å²) in [5, 5.41) is 0. The number of hydrogen-bond acceptors (Lipinski definition) is 2. The van der Waals surface area contributed by atoms with Gasteiger partial charge in [-0.3, -0.25) is 9.59 Å². The highest BCUT2D eigenvalue weighted by molar-refractivity contribution is 5.95. The maximum atomic E-state index is 10.7. The first-order valence-electron chi connectivity index (χ1n) is 3.82. The fourth-order valence-corrected chi connectivity index (χ4v) is 0.485. The van der Waals surface area contributed by atoms with E-state index in [4.69, 9.17) is 0 Å². The van der Waals surface area contributed by atoms with Crippen LogP contribution in [0.2, 0.25) is 0 Å². The molecule has 66 valence electrons. The highest BCUT2D eigenvalue weighted by atomic mass is 16.1. The van der Waals surface area contributed by atoms with E-state index in [9.17, 15) is 9.59 Å². The molecule has 0 fully saturated rings. The molecule has 0 N–H and O–H groups in total. The predicted octanol–water partition coefficient (Wildman–Crippen LogP) is 2.06. The summed E-state index contributed by atoms with van der Waals surface area (Å²) in [4.78, 5) is 21.5. The minimum Gasteiger partial charge on any atom is -0.295 e. The first-order valence-corrected chi connectivity index (χ1v) is 3.82. The van der Waals surface area contributed by atoms with Gasteiger partial charge in [0, 0.05) is 0 Å². The Morgan fingerprint density at radius 3 is 1.17 bits per heavy atom. The molecule has 0 atom stereocenters. The number of carbonyl (C=O) groups is 2. The lowest BCUT2D eigenvalue weighted by atomic mass is 10.1. The molecule has 0 radical (unpaired) electrons. The maximum Gasteiger partial charge on any atom is 0.155 e. The second-order valence-electron chi connectivity index (χ2n) is 2.81. The Labute approximate surface area is 73.0 Å². The fraction of sp³-hybridized carbons (Fsp3) is 0.400. The van der Waals surface area contributed by atoms with Crippen molar-refractivity contribution in [3.8, 4) is 0 Å². The van der Waals surface area contributed by atoms with Crippen LogP contribution < -0.4 is 0 Å². The molecular formula is C10H14O2.